The van der Waals surface area contributed by atoms with Crippen LogP contribution in [0.4, 0.5) is 0 Å². The van der Waals surface area contributed by atoms with Gasteiger partial charge in [0, 0.05) is 6.61 Å². The van der Waals surface area contributed by atoms with Crippen LogP contribution in [0, 0.1) is 0 Å². The summed E-state index contributed by atoms with van der Waals surface area (Å²) in [5.74, 6) is -3.54. The summed E-state index contributed by atoms with van der Waals surface area (Å²) in [6, 6.07) is 0. The summed E-state index contributed by atoms with van der Waals surface area (Å²) in [6.45, 7) is 2.31. The topological polar surface area (TPSA) is 156 Å². The molecule has 0 bridgehead atoms. The zero-order chi connectivity index (χ0) is 16.1. The minimum Gasteiger partial charge on any atom is -0.479 e. The van der Waals surface area contributed by atoms with Crippen LogP contribution in [-0.4, -0.2) is 67.5 Å². The molecular formula is C12H24O8. The number of hydrogen-bond acceptors (Lipinski definition) is 6. The molecule has 0 radical (unpaired) electrons. The molecule has 0 aromatic rings. The number of rotatable bonds is 9. The Balaban J connectivity index is 0. The first kappa shape index (κ1) is 21.1. The van der Waals surface area contributed by atoms with Gasteiger partial charge in [0.1, 0.15) is 0 Å². The molecule has 0 rings (SSSR count). The second-order valence-electron chi connectivity index (χ2n) is 4.23. The maximum atomic E-state index is 9.77. The zero-order valence-electron chi connectivity index (χ0n) is 11.5. The van der Waals surface area contributed by atoms with E-state index >= 15 is 0 Å². The van der Waals surface area contributed by atoms with E-state index in [-0.39, 0.29) is 12.7 Å². The van der Waals surface area contributed by atoms with E-state index in [1.807, 2.05) is 0 Å². The van der Waals surface area contributed by atoms with Crippen molar-refractivity contribution < 1.29 is 40.2 Å². The monoisotopic (exact) mass is 296 g/mol. The smallest absolute Gasteiger partial charge is 0.335 e. The highest BCUT2D eigenvalue weighted by Gasteiger charge is 2.29. The first-order chi connectivity index (χ1) is 9.27. The molecule has 0 heterocycles. The van der Waals surface area contributed by atoms with Gasteiger partial charge in [-0.2, -0.15) is 0 Å². The Bertz CT molecular complexity index is 242. The van der Waals surface area contributed by atoms with Crippen molar-refractivity contribution in [3.05, 3.63) is 0 Å². The second-order valence-corrected chi connectivity index (χ2v) is 4.23. The summed E-state index contributed by atoms with van der Waals surface area (Å²) < 4.78 is 0. The van der Waals surface area contributed by atoms with Gasteiger partial charge in [0.2, 0.25) is 0 Å². The van der Waals surface area contributed by atoms with Gasteiger partial charge in [-0.05, 0) is 19.3 Å². The Kier molecular flexibility index (Phi) is 13.5. The van der Waals surface area contributed by atoms with Crippen molar-refractivity contribution in [2.75, 3.05) is 6.61 Å². The van der Waals surface area contributed by atoms with E-state index in [1.54, 1.807) is 0 Å². The molecule has 0 aliphatic rings. The van der Waals surface area contributed by atoms with E-state index in [4.69, 9.17) is 25.5 Å². The molecule has 3 atom stereocenters. The molecule has 0 spiro atoms. The van der Waals surface area contributed by atoms with E-state index in [2.05, 4.69) is 6.92 Å². The van der Waals surface area contributed by atoms with Crippen molar-refractivity contribution in [1.82, 2.24) is 0 Å². The van der Waals surface area contributed by atoms with Gasteiger partial charge in [-0.15, -0.1) is 0 Å². The van der Waals surface area contributed by atoms with Crippen LogP contribution >= 0.6 is 0 Å². The zero-order valence-corrected chi connectivity index (χ0v) is 11.5. The summed E-state index contributed by atoms with van der Waals surface area (Å²) >= 11 is 0. The van der Waals surface area contributed by atoms with Gasteiger partial charge in [-0.25, -0.2) is 9.59 Å². The van der Waals surface area contributed by atoms with Gasteiger partial charge < -0.3 is 30.6 Å². The SMILES string of the molecule is CCCCC(O)CCCO.O=C(O)C(O)C(O)C(=O)O. The minimum atomic E-state index is -2.27. The Morgan fingerprint density at radius 1 is 0.900 bits per heavy atom. The number of aliphatic hydroxyl groups excluding tert-OH is 4. The van der Waals surface area contributed by atoms with E-state index in [0.717, 1.165) is 32.1 Å². The molecule has 3 unspecified atom stereocenters. The van der Waals surface area contributed by atoms with Gasteiger partial charge in [-0.3, -0.25) is 0 Å². The molecule has 120 valence electrons. The quantitative estimate of drug-likeness (QED) is 0.322. The molecule has 0 saturated heterocycles. The van der Waals surface area contributed by atoms with Crippen LogP contribution < -0.4 is 0 Å². The molecule has 20 heavy (non-hydrogen) atoms. The van der Waals surface area contributed by atoms with Crippen molar-refractivity contribution in [2.45, 2.75) is 57.3 Å². The van der Waals surface area contributed by atoms with Gasteiger partial charge >= 0.3 is 11.9 Å². The van der Waals surface area contributed by atoms with Crippen LogP contribution in [0.3, 0.4) is 0 Å². The lowest BCUT2D eigenvalue weighted by molar-refractivity contribution is -0.165. The molecular weight excluding hydrogens is 272 g/mol. The van der Waals surface area contributed by atoms with Gasteiger partial charge in [0.05, 0.1) is 6.10 Å². The second kappa shape index (κ2) is 12.8. The number of unbranched alkanes of at least 4 members (excludes halogenated alkanes) is 1. The summed E-state index contributed by atoms with van der Waals surface area (Å²) in [5, 5.41) is 50.2. The lowest BCUT2D eigenvalue weighted by Crippen LogP contribution is -2.39. The maximum Gasteiger partial charge on any atom is 0.335 e. The molecule has 0 amide bonds. The van der Waals surface area contributed by atoms with Gasteiger partial charge in [0.25, 0.3) is 0 Å². The summed E-state index contributed by atoms with van der Waals surface area (Å²) in [5.41, 5.74) is 0. The number of hydrogen-bond donors (Lipinski definition) is 6. The predicted octanol–water partition coefficient (Wildman–Crippen LogP) is -0.813. The van der Waals surface area contributed by atoms with Crippen LogP contribution in [0.25, 0.3) is 0 Å². The lowest BCUT2D eigenvalue weighted by Gasteiger charge is -2.07. The highest BCUT2D eigenvalue weighted by atomic mass is 16.4. The van der Waals surface area contributed by atoms with E-state index in [0.29, 0.717) is 0 Å². The van der Waals surface area contributed by atoms with Crippen LogP contribution in [0.15, 0.2) is 0 Å². The van der Waals surface area contributed by atoms with E-state index in [1.165, 1.54) is 0 Å². The first-order valence-corrected chi connectivity index (χ1v) is 6.38. The number of carbonyl (C=O) groups is 2. The fourth-order valence-corrected chi connectivity index (χ4v) is 1.18. The fourth-order valence-electron chi connectivity index (χ4n) is 1.18. The summed E-state index contributed by atoms with van der Waals surface area (Å²) in [4.78, 5) is 19.5. The Hall–Kier alpha value is -1.22. The van der Waals surface area contributed by atoms with Crippen molar-refractivity contribution >= 4 is 11.9 Å². The Labute approximate surface area is 117 Å². The number of aliphatic carboxylic acids is 2. The molecule has 8 nitrogen and oxygen atoms in total. The lowest BCUT2D eigenvalue weighted by atomic mass is 10.1. The van der Waals surface area contributed by atoms with Crippen LogP contribution in [0.1, 0.15) is 39.0 Å². The van der Waals surface area contributed by atoms with Crippen LogP contribution in [0.5, 0.6) is 0 Å². The van der Waals surface area contributed by atoms with Crippen molar-refractivity contribution in [3.63, 3.8) is 0 Å². The highest BCUT2D eigenvalue weighted by Crippen LogP contribution is 2.05. The largest absolute Gasteiger partial charge is 0.479 e. The molecule has 0 aromatic heterocycles. The minimum absolute atomic E-state index is 0.188. The van der Waals surface area contributed by atoms with Crippen LogP contribution in [0.2, 0.25) is 0 Å². The Morgan fingerprint density at radius 2 is 1.30 bits per heavy atom. The summed E-state index contributed by atoms with van der Waals surface area (Å²) in [7, 11) is 0. The Morgan fingerprint density at radius 3 is 1.60 bits per heavy atom. The molecule has 6 N–H and O–H groups in total. The molecule has 0 aromatic carbocycles. The molecule has 0 aliphatic heterocycles. The fraction of sp³-hybridized carbons (Fsp3) is 0.833. The predicted molar refractivity (Wildman–Crippen MR) is 69.1 cm³/mol. The normalized spacial score (nSPS) is 14.7. The number of carboxylic acids is 2. The van der Waals surface area contributed by atoms with E-state index in [9.17, 15) is 14.7 Å². The molecule has 0 aliphatic carbocycles. The van der Waals surface area contributed by atoms with E-state index < -0.39 is 24.1 Å². The van der Waals surface area contributed by atoms with Crippen LogP contribution in [-0.2, 0) is 9.59 Å². The van der Waals surface area contributed by atoms with Crippen molar-refractivity contribution in [3.8, 4) is 0 Å². The first-order valence-electron chi connectivity index (χ1n) is 6.38. The highest BCUT2D eigenvalue weighted by molar-refractivity contribution is 5.83. The third-order valence-electron chi connectivity index (χ3n) is 2.39. The standard InChI is InChI=1S/C8H18O2.C4H6O6/c1-2-3-5-8(10)6-4-7-9;5-1(3(7)8)2(6)4(9)10/h8-10H,2-7H2,1H3;1-2,5-6H,(H,7,8)(H,9,10). The third kappa shape index (κ3) is 11.8. The average molecular weight is 296 g/mol. The van der Waals surface area contributed by atoms with Crippen molar-refractivity contribution in [1.29, 1.82) is 0 Å². The number of carboxylic acid groups (broad SMARTS) is 2. The third-order valence-corrected chi connectivity index (χ3v) is 2.39. The molecule has 0 saturated carbocycles. The average Bonchev–Trinajstić information content (AvgIpc) is 2.41. The van der Waals surface area contributed by atoms with Gasteiger partial charge in [-0.1, -0.05) is 19.8 Å². The summed E-state index contributed by atoms with van der Waals surface area (Å²) in [6.07, 6.45) is -0.136. The molecule has 8 heteroatoms. The molecule has 0 fully saturated rings. The maximum absolute atomic E-state index is 9.77. The van der Waals surface area contributed by atoms with Gasteiger partial charge in [0.15, 0.2) is 12.2 Å². The number of aliphatic hydroxyl groups is 4. The van der Waals surface area contributed by atoms with Crippen molar-refractivity contribution in [2.24, 2.45) is 0 Å².